The van der Waals surface area contributed by atoms with Gasteiger partial charge >= 0.3 is 5.97 Å². The van der Waals surface area contributed by atoms with Crippen molar-refractivity contribution in [2.24, 2.45) is 10.3 Å². The number of methoxy groups -OCH3 is 1. The van der Waals surface area contributed by atoms with Crippen molar-refractivity contribution in [3.63, 3.8) is 0 Å². The van der Waals surface area contributed by atoms with Gasteiger partial charge in [0.1, 0.15) is 13.3 Å². The van der Waals surface area contributed by atoms with Gasteiger partial charge in [-0.3, -0.25) is 0 Å². The number of rotatable bonds is 3. The van der Waals surface area contributed by atoms with Gasteiger partial charge in [0.05, 0.1) is 7.11 Å². The Morgan fingerprint density at radius 1 is 1.55 bits per heavy atom. The third kappa shape index (κ3) is 3.19. The summed E-state index contributed by atoms with van der Waals surface area (Å²) in [6.07, 6.45) is 0.815. The van der Waals surface area contributed by atoms with Crippen LogP contribution in [0.2, 0.25) is 0 Å². The van der Waals surface area contributed by atoms with Crippen molar-refractivity contribution in [1.82, 2.24) is 0 Å². The lowest BCUT2D eigenvalue weighted by Crippen LogP contribution is -2.17. The second-order valence-corrected chi connectivity index (χ2v) is 1.40. The molecule has 0 aromatic carbocycles. The minimum absolute atomic E-state index is 0.211. The highest BCUT2D eigenvalue weighted by Gasteiger charge is 2.09. The van der Waals surface area contributed by atoms with E-state index >= 15 is 0 Å². The number of oxime groups is 2. The normalized spacial score (nSPS) is 11.6. The molecular weight excluding hydrogens is 152 g/mol. The first kappa shape index (κ1) is 9.41. The molecule has 6 heteroatoms. The Bertz CT molecular complexity index is 187. The van der Waals surface area contributed by atoms with E-state index in [4.69, 9.17) is 5.21 Å². The van der Waals surface area contributed by atoms with Gasteiger partial charge in [0.25, 0.3) is 0 Å². The van der Waals surface area contributed by atoms with E-state index in [-0.39, 0.29) is 5.71 Å². The summed E-state index contributed by atoms with van der Waals surface area (Å²) in [6, 6.07) is 0. The maximum Gasteiger partial charge on any atom is 0.361 e. The lowest BCUT2D eigenvalue weighted by Gasteiger charge is -1.94. The largest absolute Gasteiger partial charge is 0.464 e. The molecule has 6 nitrogen and oxygen atoms in total. The first-order valence-electron chi connectivity index (χ1n) is 2.63. The van der Waals surface area contributed by atoms with Gasteiger partial charge in [0.15, 0.2) is 0 Å². The first-order valence-corrected chi connectivity index (χ1v) is 2.63. The summed E-state index contributed by atoms with van der Waals surface area (Å²) in [7, 11) is 2.44. The molecule has 0 heterocycles. The molecule has 0 amide bonds. The third-order valence-corrected chi connectivity index (χ3v) is 0.764. The SMILES string of the molecule is CO/N=C(\C=N/O)C(=O)OC. The standard InChI is InChI=1S/C5H8N2O4/c1-10-5(8)4(3-6-9)7-11-2/h3,9H,1-2H3/b6-3-,7-4+. The molecule has 11 heavy (non-hydrogen) atoms. The van der Waals surface area contributed by atoms with Crippen molar-refractivity contribution in [3.05, 3.63) is 0 Å². The molecule has 62 valence electrons. The zero-order valence-electron chi connectivity index (χ0n) is 6.14. The molecule has 0 fully saturated rings. The summed E-state index contributed by atoms with van der Waals surface area (Å²) in [5.41, 5.74) is -0.211. The summed E-state index contributed by atoms with van der Waals surface area (Å²) in [4.78, 5) is 14.9. The van der Waals surface area contributed by atoms with E-state index in [2.05, 4.69) is 19.9 Å². The van der Waals surface area contributed by atoms with Gasteiger partial charge in [-0.05, 0) is 0 Å². The second kappa shape index (κ2) is 5.21. The zero-order valence-corrected chi connectivity index (χ0v) is 6.14. The summed E-state index contributed by atoms with van der Waals surface area (Å²) in [5, 5.41) is 13.8. The van der Waals surface area contributed by atoms with Crippen LogP contribution in [0, 0.1) is 0 Å². The maximum absolute atomic E-state index is 10.7. The Labute approximate surface area is 63.1 Å². The third-order valence-electron chi connectivity index (χ3n) is 0.764. The molecule has 0 rings (SSSR count). The van der Waals surface area contributed by atoms with Crippen LogP contribution in [0.25, 0.3) is 0 Å². The fraction of sp³-hybridized carbons (Fsp3) is 0.400. The van der Waals surface area contributed by atoms with Gasteiger partial charge in [-0.1, -0.05) is 10.3 Å². The number of hydrogen-bond acceptors (Lipinski definition) is 6. The Morgan fingerprint density at radius 2 is 2.18 bits per heavy atom. The molecule has 0 aliphatic rings. The predicted molar refractivity (Wildman–Crippen MR) is 36.7 cm³/mol. The van der Waals surface area contributed by atoms with Crippen molar-refractivity contribution in [2.75, 3.05) is 14.2 Å². The monoisotopic (exact) mass is 160 g/mol. The van der Waals surface area contributed by atoms with Crippen LogP contribution >= 0.6 is 0 Å². The van der Waals surface area contributed by atoms with Crippen LogP contribution in [0.1, 0.15) is 0 Å². The zero-order chi connectivity index (χ0) is 8.69. The summed E-state index contributed by atoms with van der Waals surface area (Å²) in [6.45, 7) is 0. The molecule has 0 saturated carbocycles. The van der Waals surface area contributed by atoms with Crippen LogP contribution in [0.15, 0.2) is 10.3 Å². The van der Waals surface area contributed by atoms with E-state index in [1.807, 2.05) is 0 Å². The molecule has 0 aliphatic heterocycles. The molecule has 0 saturated heterocycles. The first-order chi connectivity index (χ1) is 5.26. The van der Waals surface area contributed by atoms with Crippen molar-refractivity contribution in [2.45, 2.75) is 0 Å². The minimum atomic E-state index is -0.732. The average molecular weight is 160 g/mol. The highest BCUT2D eigenvalue weighted by atomic mass is 16.6. The Morgan fingerprint density at radius 3 is 2.55 bits per heavy atom. The van der Waals surface area contributed by atoms with Gasteiger partial charge in [0.2, 0.25) is 5.71 Å². The van der Waals surface area contributed by atoms with E-state index in [9.17, 15) is 4.79 Å². The number of esters is 1. The molecule has 0 spiro atoms. The molecule has 0 unspecified atom stereocenters. The van der Waals surface area contributed by atoms with Crippen LogP contribution in [-0.2, 0) is 14.4 Å². The van der Waals surface area contributed by atoms with Crippen LogP contribution in [0.4, 0.5) is 0 Å². The Hall–Kier alpha value is -1.59. The lowest BCUT2D eigenvalue weighted by molar-refractivity contribution is -0.132. The smallest absolute Gasteiger partial charge is 0.361 e. The van der Waals surface area contributed by atoms with Gasteiger partial charge in [-0.2, -0.15) is 0 Å². The van der Waals surface area contributed by atoms with Crippen molar-refractivity contribution >= 4 is 17.9 Å². The van der Waals surface area contributed by atoms with Crippen LogP contribution < -0.4 is 0 Å². The van der Waals surface area contributed by atoms with Crippen LogP contribution in [0.3, 0.4) is 0 Å². The molecule has 1 N–H and O–H groups in total. The fourth-order valence-electron chi connectivity index (χ4n) is 0.371. The Kier molecular flexibility index (Phi) is 4.46. The Balaban J connectivity index is 4.34. The number of hydrogen-bond donors (Lipinski definition) is 1. The van der Waals surface area contributed by atoms with Crippen molar-refractivity contribution in [3.8, 4) is 0 Å². The predicted octanol–water partition coefficient (Wildman–Crippen LogP) is -0.378. The molecule has 0 aromatic heterocycles. The molecule has 0 bridgehead atoms. The van der Waals surface area contributed by atoms with E-state index in [0.717, 1.165) is 6.21 Å². The highest BCUT2D eigenvalue weighted by Crippen LogP contribution is 1.81. The van der Waals surface area contributed by atoms with Crippen molar-refractivity contribution in [1.29, 1.82) is 0 Å². The van der Waals surface area contributed by atoms with E-state index < -0.39 is 5.97 Å². The number of ether oxygens (including phenoxy) is 1. The quantitative estimate of drug-likeness (QED) is 0.264. The highest BCUT2D eigenvalue weighted by molar-refractivity contribution is 6.59. The number of carbonyl (C=O) groups is 1. The molecule has 0 atom stereocenters. The molecule has 0 aromatic rings. The fourth-order valence-corrected chi connectivity index (χ4v) is 0.371. The molecular formula is C5H8N2O4. The van der Waals surface area contributed by atoms with E-state index in [1.54, 1.807) is 0 Å². The van der Waals surface area contributed by atoms with Gasteiger partial charge in [-0.25, -0.2) is 4.79 Å². The molecule has 0 aliphatic carbocycles. The lowest BCUT2D eigenvalue weighted by atomic mass is 10.4. The summed E-state index contributed by atoms with van der Waals surface area (Å²) >= 11 is 0. The minimum Gasteiger partial charge on any atom is -0.464 e. The summed E-state index contributed by atoms with van der Waals surface area (Å²) < 4.78 is 4.27. The molecule has 0 radical (unpaired) electrons. The van der Waals surface area contributed by atoms with Gasteiger partial charge in [-0.15, -0.1) is 0 Å². The van der Waals surface area contributed by atoms with Crippen LogP contribution in [-0.4, -0.2) is 37.3 Å². The van der Waals surface area contributed by atoms with E-state index in [1.165, 1.54) is 14.2 Å². The maximum atomic E-state index is 10.7. The summed E-state index contributed by atoms with van der Waals surface area (Å²) in [5.74, 6) is -0.732. The number of carbonyl (C=O) groups excluding carboxylic acids is 1. The van der Waals surface area contributed by atoms with Crippen molar-refractivity contribution < 1.29 is 19.6 Å². The number of nitrogens with zero attached hydrogens (tertiary/aromatic N) is 2. The average Bonchev–Trinajstić information content (AvgIpc) is 2.03. The van der Waals surface area contributed by atoms with Gasteiger partial charge in [0, 0.05) is 0 Å². The topological polar surface area (TPSA) is 80.5 Å². The second-order valence-electron chi connectivity index (χ2n) is 1.40. The van der Waals surface area contributed by atoms with E-state index in [0.29, 0.717) is 0 Å². The van der Waals surface area contributed by atoms with Crippen LogP contribution in [0.5, 0.6) is 0 Å². The van der Waals surface area contributed by atoms with Gasteiger partial charge < -0.3 is 14.8 Å².